The summed E-state index contributed by atoms with van der Waals surface area (Å²) in [6.07, 6.45) is 5.59. The second kappa shape index (κ2) is 8.39. The topological polar surface area (TPSA) is 95.0 Å². The van der Waals surface area contributed by atoms with Crippen molar-refractivity contribution in [2.75, 3.05) is 26.2 Å². The molecule has 0 unspecified atom stereocenters. The largest absolute Gasteiger partial charge is 0.481 e. The van der Waals surface area contributed by atoms with Crippen LogP contribution in [0.15, 0.2) is 41.3 Å². The standard InChI is InChI=1S/C23H30N2O5S/c1-15(2)16-7-9-19(10-8-16)31(29,30)25-13-11-24(12-14-25)22(26)20-17-3-5-18(6-4-17)21(20)23(27)28/h3,5,7-10,15,17-18,20-21H,4,6,11-14H2,1-2H3,(H,27,28)/t17-,18-,20-,21+/m0/s1. The molecule has 1 saturated carbocycles. The van der Waals surface area contributed by atoms with E-state index in [1.54, 1.807) is 17.0 Å². The average Bonchev–Trinajstić information content (AvgIpc) is 2.78. The maximum Gasteiger partial charge on any atom is 0.307 e. The SMILES string of the molecule is CC(C)c1ccc(S(=O)(=O)N2CCN(C(=O)[C@@H]3[C@H](C(=O)O)[C@H]4C=C[C@H]3CC4)CC2)cc1. The predicted octanol–water partition coefficient (Wildman–Crippen LogP) is 2.56. The Kier molecular flexibility index (Phi) is 5.96. The zero-order valence-corrected chi connectivity index (χ0v) is 18.8. The third-order valence-corrected chi connectivity index (χ3v) is 8.97. The Hall–Kier alpha value is -2.19. The summed E-state index contributed by atoms with van der Waals surface area (Å²) in [7, 11) is -3.62. The van der Waals surface area contributed by atoms with Crippen LogP contribution in [0.25, 0.3) is 0 Å². The minimum absolute atomic E-state index is 0.0418. The van der Waals surface area contributed by atoms with Gasteiger partial charge >= 0.3 is 5.97 Å². The van der Waals surface area contributed by atoms with E-state index in [9.17, 15) is 23.1 Å². The molecule has 4 aliphatic rings. The molecule has 168 valence electrons. The zero-order chi connectivity index (χ0) is 22.3. The number of fused-ring (bicyclic) bond motifs is 2. The van der Waals surface area contributed by atoms with Gasteiger partial charge in [0, 0.05) is 26.2 Å². The first kappa shape index (κ1) is 22.0. The number of carboxylic acid groups (broad SMARTS) is 1. The van der Waals surface area contributed by atoms with Gasteiger partial charge in [-0.3, -0.25) is 9.59 Å². The molecule has 1 aromatic rings. The second-order valence-corrected chi connectivity index (χ2v) is 11.1. The van der Waals surface area contributed by atoms with Crippen LogP contribution in [-0.4, -0.2) is 60.8 Å². The van der Waals surface area contributed by atoms with Crippen LogP contribution in [0.4, 0.5) is 0 Å². The predicted molar refractivity (Wildman–Crippen MR) is 116 cm³/mol. The summed E-state index contributed by atoms with van der Waals surface area (Å²) >= 11 is 0. The van der Waals surface area contributed by atoms with E-state index >= 15 is 0 Å². The fourth-order valence-corrected chi connectivity index (χ4v) is 6.62. The number of aliphatic carboxylic acids is 1. The molecule has 7 nitrogen and oxygen atoms in total. The van der Waals surface area contributed by atoms with Crippen LogP contribution >= 0.6 is 0 Å². The number of sulfonamides is 1. The van der Waals surface area contributed by atoms with Crippen molar-refractivity contribution in [3.63, 3.8) is 0 Å². The summed E-state index contributed by atoms with van der Waals surface area (Å²) in [5, 5.41) is 9.71. The van der Waals surface area contributed by atoms with Gasteiger partial charge < -0.3 is 10.0 Å². The first-order valence-electron chi connectivity index (χ1n) is 11.0. The Bertz CT molecular complexity index is 978. The van der Waals surface area contributed by atoms with Gasteiger partial charge in [-0.1, -0.05) is 38.1 Å². The molecule has 1 aromatic carbocycles. The first-order chi connectivity index (χ1) is 14.7. The Morgan fingerprint density at radius 2 is 1.48 bits per heavy atom. The lowest BCUT2D eigenvalue weighted by molar-refractivity contribution is -0.157. The number of benzene rings is 1. The molecule has 2 fully saturated rings. The monoisotopic (exact) mass is 446 g/mol. The van der Waals surface area contributed by atoms with E-state index in [-0.39, 0.29) is 48.8 Å². The van der Waals surface area contributed by atoms with Gasteiger partial charge in [-0.25, -0.2) is 8.42 Å². The van der Waals surface area contributed by atoms with E-state index in [1.165, 1.54) is 4.31 Å². The third kappa shape index (κ3) is 4.03. The lowest BCUT2D eigenvalue weighted by Gasteiger charge is -2.45. The lowest BCUT2D eigenvalue weighted by Crippen LogP contribution is -2.55. The normalized spacial score (nSPS) is 28.8. The van der Waals surface area contributed by atoms with Crippen molar-refractivity contribution in [2.24, 2.45) is 23.7 Å². The number of allylic oxidation sites excluding steroid dienone is 2. The van der Waals surface area contributed by atoms with Crippen molar-refractivity contribution in [2.45, 2.75) is 37.5 Å². The quantitative estimate of drug-likeness (QED) is 0.702. The Morgan fingerprint density at radius 1 is 0.935 bits per heavy atom. The minimum Gasteiger partial charge on any atom is -0.481 e. The molecular weight excluding hydrogens is 416 g/mol. The number of piperazine rings is 1. The molecule has 1 heterocycles. The Balaban J connectivity index is 1.44. The molecule has 0 aromatic heterocycles. The number of hydrogen-bond donors (Lipinski definition) is 1. The smallest absolute Gasteiger partial charge is 0.307 e. The van der Waals surface area contributed by atoms with E-state index < -0.39 is 27.8 Å². The molecule has 0 radical (unpaired) electrons. The van der Waals surface area contributed by atoms with Crippen LogP contribution in [0.1, 0.15) is 38.2 Å². The number of amides is 1. The minimum atomic E-state index is -3.62. The van der Waals surface area contributed by atoms with E-state index in [0.717, 1.165) is 18.4 Å². The van der Waals surface area contributed by atoms with E-state index in [2.05, 4.69) is 13.8 Å². The third-order valence-electron chi connectivity index (χ3n) is 7.05. The lowest BCUT2D eigenvalue weighted by atomic mass is 9.62. The maximum absolute atomic E-state index is 13.2. The van der Waals surface area contributed by atoms with Gasteiger partial charge in [0.25, 0.3) is 0 Å². The van der Waals surface area contributed by atoms with Crippen molar-refractivity contribution in [1.29, 1.82) is 0 Å². The van der Waals surface area contributed by atoms with Gasteiger partial charge in [-0.15, -0.1) is 0 Å². The highest BCUT2D eigenvalue weighted by molar-refractivity contribution is 7.89. The van der Waals surface area contributed by atoms with Crippen LogP contribution < -0.4 is 0 Å². The molecule has 1 saturated heterocycles. The molecule has 0 spiro atoms. The van der Waals surface area contributed by atoms with Gasteiger partial charge in [0.05, 0.1) is 16.7 Å². The molecule has 1 aliphatic heterocycles. The summed E-state index contributed by atoms with van der Waals surface area (Å²) in [4.78, 5) is 27.0. The zero-order valence-electron chi connectivity index (χ0n) is 18.0. The van der Waals surface area contributed by atoms with E-state index in [4.69, 9.17) is 0 Å². The Labute approximate surface area is 183 Å². The molecular formula is C23H30N2O5S. The van der Waals surface area contributed by atoms with Gasteiger partial charge in [-0.05, 0) is 48.3 Å². The van der Waals surface area contributed by atoms with Gasteiger partial charge in [-0.2, -0.15) is 4.31 Å². The first-order valence-corrected chi connectivity index (χ1v) is 12.4. The molecule has 1 N–H and O–H groups in total. The van der Waals surface area contributed by atoms with Gasteiger partial charge in [0.2, 0.25) is 15.9 Å². The van der Waals surface area contributed by atoms with Crippen LogP contribution in [-0.2, 0) is 19.6 Å². The maximum atomic E-state index is 13.2. The molecule has 4 atom stereocenters. The summed E-state index contributed by atoms with van der Waals surface area (Å²) < 4.78 is 27.5. The fraction of sp³-hybridized carbons (Fsp3) is 0.565. The highest BCUT2D eigenvalue weighted by Crippen LogP contribution is 2.45. The van der Waals surface area contributed by atoms with Crippen LogP contribution in [0.2, 0.25) is 0 Å². The van der Waals surface area contributed by atoms with E-state index in [1.807, 2.05) is 24.3 Å². The molecule has 3 aliphatic carbocycles. The van der Waals surface area contributed by atoms with Crippen molar-refractivity contribution in [3.05, 3.63) is 42.0 Å². The van der Waals surface area contributed by atoms with Crippen molar-refractivity contribution >= 4 is 21.9 Å². The average molecular weight is 447 g/mol. The summed E-state index contributed by atoms with van der Waals surface area (Å²) in [6, 6.07) is 6.97. The van der Waals surface area contributed by atoms with Crippen molar-refractivity contribution < 1.29 is 23.1 Å². The van der Waals surface area contributed by atoms with Crippen LogP contribution in [0.3, 0.4) is 0 Å². The number of nitrogens with zero attached hydrogens (tertiary/aromatic N) is 2. The molecule has 5 rings (SSSR count). The van der Waals surface area contributed by atoms with Gasteiger partial charge in [0.15, 0.2) is 0 Å². The number of carbonyl (C=O) groups excluding carboxylic acids is 1. The molecule has 31 heavy (non-hydrogen) atoms. The molecule has 1 amide bonds. The van der Waals surface area contributed by atoms with Crippen molar-refractivity contribution in [1.82, 2.24) is 9.21 Å². The highest BCUT2D eigenvalue weighted by Gasteiger charge is 2.49. The molecule has 2 bridgehead atoms. The fourth-order valence-electron chi connectivity index (χ4n) is 5.20. The summed E-state index contributed by atoms with van der Waals surface area (Å²) in [5.74, 6) is -2.10. The van der Waals surface area contributed by atoms with Crippen LogP contribution in [0, 0.1) is 23.7 Å². The van der Waals surface area contributed by atoms with Crippen LogP contribution in [0.5, 0.6) is 0 Å². The second-order valence-electron chi connectivity index (χ2n) is 9.13. The van der Waals surface area contributed by atoms with Gasteiger partial charge in [0.1, 0.15) is 0 Å². The number of carboxylic acids is 1. The number of rotatable bonds is 5. The number of carbonyl (C=O) groups is 2. The van der Waals surface area contributed by atoms with Crippen molar-refractivity contribution in [3.8, 4) is 0 Å². The summed E-state index contributed by atoms with van der Waals surface area (Å²) in [5.41, 5.74) is 1.08. The number of hydrogen-bond acceptors (Lipinski definition) is 4. The highest BCUT2D eigenvalue weighted by atomic mass is 32.2. The molecule has 8 heteroatoms. The van der Waals surface area contributed by atoms with E-state index in [0.29, 0.717) is 5.92 Å². The Morgan fingerprint density at radius 3 is 1.97 bits per heavy atom. The summed E-state index contributed by atoms with van der Waals surface area (Å²) in [6.45, 7) is 5.12.